The minimum absolute atomic E-state index is 0.0616. The molecular formula is C22H27NO7S. The fraction of sp³-hybridized carbons (Fsp3) is 0.364. The molecule has 0 spiro atoms. The summed E-state index contributed by atoms with van der Waals surface area (Å²) in [5, 5.41) is 0. The standard InChI is InChI=1S/C22H27NO7S/c1-16-5-7-20(8-6-16)31(26,27)10-9-21(24)23(15-22(25)30-4)14-17-11-18(28-2)13-19(12-17)29-3/h5-8,11-13H,9-10,14-15H2,1-4H3. The van der Waals surface area contributed by atoms with E-state index < -0.39 is 21.7 Å². The molecule has 2 aromatic carbocycles. The smallest absolute Gasteiger partial charge is 0.325 e. The van der Waals surface area contributed by atoms with Gasteiger partial charge in [-0.05, 0) is 36.8 Å². The summed E-state index contributed by atoms with van der Waals surface area (Å²) in [6.45, 7) is 1.61. The van der Waals surface area contributed by atoms with Crippen molar-refractivity contribution in [1.29, 1.82) is 0 Å². The van der Waals surface area contributed by atoms with Crippen LogP contribution in [0.5, 0.6) is 11.5 Å². The Labute approximate surface area is 182 Å². The summed E-state index contributed by atoms with van der Waals surface area (Å²) in [4.78, 5) is 26.1. The first kappa shape index (κ1) is 24.2. The van der Waals surface area contributed by atoms with Crippen LogP contribution < -0.4 is 9.47 Å². The van der Waals surface area contributed by atoms with Crippen LogP contribution in [0, 0.1) is 6.92 Å². The summed E-state index contributed by atoms with van der Waals surface area (Å²) in [6, 6.07) is 11.5. The van der Waals surface area contributed by atoms with Gasteiger partial charge in [-0.3, -0.25) is 9.59 Å². The Bertz CT molecular complexity index is 994. The van der Waals surface area contributed by atoms with E-state index in [4.69, 9.17) is 9.47 Å². The summed E-state index contributed by atoms with van der Waals surface area (Å²) in [5.41, 5.74) is 1.60. The van der Waals surface area contributed by atoms with Crippen LogP contribution >= 0.6 is 0 Å². The van der Waals surface area contributed by atoms with Crippen LogP contribution in [0.25, 0.3) is 0 Å². The number of aryl methyl sites for hydroxylation is 1. The molecule has 0 aliphatic heterocycles. The molecule has 8 nitrogen and oxygen atoms in total. The lowest BCUT2D eigenvalue weighted by Gasteiger charge is -2.22. The predicted octanol–water partition coefficient (Wildman–Crippen LogP) is 2.38. The summed E-state index contributed by atoms with van der Waals surface area (Å²) < 4.78 is 40.3. The molecule has 0 aromatic heterocycles. The largest absolute Gasteiger partial charge is 0.497 e. The molecule has 0 heterocycles. The van der Waals surface area contributed by atoms with E-state index in [0.717, 1.165) is 5.56 Å². The third-order valence-electron chi connectivity index (χ3n) is 4.65. The molecule has 168 valence electrons. The number of amides is 1. The van der Waals surface area contributed by atoms with Gasteiger partial charge in [-0.1, -0.05) is 17.7 Å². The molecule has 2 aromatic rings. The fourth-order valence-corrected chi connectivity index (χ4v) is 4.10. The Balaban J connectivity index is 2.18. The van der Waals surface area contributed by atoms with E-state index in [0.29, 0.717) is 17.1 Å². The number of rotatable bonds is 10. The Kier molecular flexibility index (Phi) is 8.44. The van der Waals surface area contributed by atoms with Gasteiger partial charge < -0.3 is 19.1 Å². The first-order valence-corrected chi connectivity index (χ1v) is 11.2. The van der Waals surface area contributed by atoms with Crippen molar-refractivity contribution in [2.75, 3.05) is 33.6 Å². The molecular weight excluding hydrogens is 422 g/mol. The highest BCUT2D eigenvalue weighted by Crippen LogP contribution is 2.24. The highest BCUT2D eigenvalue weighted by molar-refractivity contribution is 7.91. The Morgan fingerprint density at radius 1 is 0.935 bits per heavy atom. The predicted molar refractivity (Wildman–Crippen MR) is 115 cm³/mol. The van der Waals surface area contributed by atoms with E-state index in [-0.39, 0.29) is 30.2 Å². The Hall–Kier alpha value is -3.07. The number of hydrogen-bond donors (Lipinski definition) is 0. The molecule has 0 atom stereocenters. The summed E-state index contributed by atoms with van der Waals surface area (Å²) >= 11 is 0. The molecule has 2 rings (SSSR count). The molecule has 0 saturated heterocycles. The monoisotopic (exact) mass is 449 g/mol. The summed E-state index contributed by atoms with van der Waals surface area (Å²) in [5.74, 6) is -0.399. The van der Waals surface area contributed by atoms with Crippen LogP contribution in [0.1, 0.15) is 17.5 Å². The Morgan fingerprint density at radius 2 is 1.52 bits per heavy atom. The number of benzene rings is 2. The van der Waals surface area contributed by atoms with Gasteiger partial charge in [-0.15, -0.1) is 0 Å². The molecule has 0 saturated carbocycles. The van der Waals surface area contributed by atoms with Crippen LogP contribution in [-0.2, 0) is 30.7 Å². The second-order valence-corrected chi connectivity index (χ2v) is 9.04. The first-order chi connectivity index (χ1) is 14.7. The topological polar surface area (TPSA) is 99.2 Å². The van der Waals surface area contributed by atoms with Gasteiger partial charge in [-0.2, -0.15) is 0 Å². The molecule has 9 heteroatoms. The average molecular weight is 450 g/mol. The number of hydrogen-bond acceptors (Lipinski definition) is 7. The zero-order valence-electron chi connectivity index (χ0n) is 18.1. The van der Waals surface area contributed by atoms with Crippen molar-refractivity contribution in [3.63, 3.8) is 0 Å². The van der Waals surface area contributed by atoms with Gasteiger partial charge in [0.05, 0.1) is 32.0 Å². The maximum absolute atomic E-state index is 12.8. The SMILES string of the molecule is COC(=O)CN(Cc1cc(OC)cc(OC)c1)C(=O)CCS(=O)(=O)c1ccc(C)cc1. The molecule has 0 unspecified atom stereocenters. The number of ether oxygens (including phenoxy) is 3. The van der Waals surface area contributed by atoms with Crippen LogP contribution in [0.4, 0.5) is 0 Å². The molecule has 0 aliphatic carbocycles. The summed E-state index contributed by atoms with van der Waals surface area (Å²) in [6.07, 6.45) is -0.270. The molecule has 0 N–H and O–H groups in total. The highest BCUT2D eigenvalue weighted by Gasteiger charge is 2.22. The number of sulfone groups is 1. The van der Waals surface area contributed by atoms with Gasteiger partial charge in [-0.25, -0.2) is 8.42 Å². The maximum Gasteiger partial charge on any atom is 0.325 e. The maximum atomic E-state index is 12.8. The zero-order chi connectivity index (χ0) is 23.0. The second-order valence-electron chi connectivity index (χ2n) is 6.93. The lowest BCUT2D eigenvalue weighted by Crippen LogP contribution is -2.36. The lowest BCUT2D eigenvalue weighted by molar-refractivity contribution is -0.147. The van der Waals surface area contributed by atoms with Crippen molar-refractivity contribution < 1.29 is 32.2 Å². The van der Waals surface area contributed by atoms with E-state index in [2.05, 4.69) is 4.74 Å². The van der Waals surface area contributed by atoms with Crippen LogP contribution in [-0.4, -0.2) is 58.8 Å². The van der Waals surface area contributed by atoms with E-state index in [9.17, 15) is 18.0 Å². The minimum atomic E-state index is -3.64. The molecule has 0 fully saturated rings. The Morgan fingerprint density at radius 3 is 2.03 bits per heavy atom. The minimum Gasteiger partial charge on any atom is -0.497 e. The first-order valence-electron chi connectivity index (χ1n) is 9.54. The van der Waals surface area contributed by atoms with Crippen LogP contribution in [0.2, 0.25) is 0 Å². The van der Waals surface area contributed by atoms with Crippen molar-refractivity contribution in [2.45, 2.75) is 24.8 Å². The molecule has 0 bridgehead atoms. The van der Waals surface area contributed by atoms with Gasteiger partial charge in [0.1, 0.15) is 18.0 Å². The lowest BCUT2D eigenvalue weighted by atomic mass is 10.1. The normalized spacial score (nSPS) is 11.0. The van der Waals surface area contributed by atoms with E-state index in [1.165, 1.54) is 38.4 Å². The number of esters is 1. The van der Waals surface area contributed by atoms with Gasteiger partial charge in [0.2, 0.25) is 5.91 Å². The van der Waals surface area contributed by atoms with E-state index in [1.54, 1.807) is 30.3 Å². The van der Waals surface area contributed by atoms with E-state index in [1.807, 2.05) is 6.92 Å². The van der Waals surface area contributed by atoms with Gasteiger partial charge >= 0.3 is 5.97 Å². The van der Waals surface area contributed by atoms with Gasteiger partial charge in [0, 0.05) is 19.0 Å². The van der Waals surface area contributed by atoms with Gasteiger partial charge in [0.15, 0.2) is 9.84 Å². The highest BCUT2D eigenvalue weighted by atomic mass is 32.2. The quantitative estimate of drug-likeness (QED) is 0.514. The van der Waals surface area contributed by atoms with Crippen LogP contribution in [0.3, 0.4) is 0 Å². The average Bonchev–Trinajstić information content (AvgIpc) is 2.76. The van der Waals surface area contributed by atoms with Crippen LogP contribution in [0.15, 0.2) is 47.4 Å². The van der Waals surface area contributed by atoms with Crippen molar-refractivity contribution in [3.8, 4) is 11.5 Å². The molecule has 31 heavy (non-hydrogen) atoms. The molecule has 1 amide bonds. The molecule has 0 aliphatic rings. The number of methoxy groups -OCH3 is 3. The number of carbonyl (C=O) groups excluding carboxylic acids is 2. The molecule has 0 radical (unpaired) electrons. The third-order valence-corrected chi connectivity index (χ3v) is 6.38. The number of nitrogens with zero attached hydrogens (tertiary/aromatic N) is 1. The third kappa shape index (κ3) is 6.99. The van der Waals surface area contributed by atoms with Crippen molar-refractivity contribution in [3.05, 3.63) is 53.6 Å². The van der Waals surface area contributed by atoms with Crippen molar-refractivity contribution >= 4 is 21.7 Å². The summed E-state index contributed by atoms with van der Waals surface area (Å²) in [7, 11) is 0.598. The number of carbonyl (C=O) groups is 2. The second kappa shape index (κ2) is 10.8. The van der Waals surface area contributed by atoms with Gasteiger partial charge in [0.25, 0.3) is 0 Å². The van der Waals surface area contributed by atoms with Crippen molar-refractivity contribution in [1.82, 2.24) is 4.90 Å². The van der Waals surface area contributed by atoms with E-state index >= 15 is 0 Å². The zero-order valence-corrected chi connectivity index (χ0v) is 18.9. The fourth-order valence-electron chi connectivity index (χ4n) is 2.87. The van der Waals surface area contributed by atoms with Crippen molar-refractivity contribution in [2.24, 2.45) is 0 Å².